The molecular weight excluding hydrogens is 262 g/mol. The van der Waals surface area contributed by atoms with Crippen LogP contribution in [0.5, 0.6) is 0 Å². The van der Waals surface area contributed by atoms with Crippen LogP contribution in [0.4, 0.5) is 0 Å². The van der Waals surface area contributed by atoms with Crippen molar-refractivity contribution >= 4 is 22.9 Å². The van der Waals surface area contributed by atoms with Crippen LogP contribution in [-0.4, -0.2) is 6.04 Å². The maximum Gasteiger partial charge on any atom is 0.0934 e. The molecule has 0 amide bonds. The van der Waals surface area contributed by atoms with Crippen molar-refractivity contribution in [2.75, 3.05) is 0 Å². The number of thiophene rings is 1. The zero-order valence-electron chi connectivity index (χ0n) is 11.6. The molecule has 2 atom stereocenters. The van der Waals surface area contributed by atoms with Crippen LogP contribution in [0.3, 0.4) is 0 Å². The highest BCUT2D eigenvalue weighted by Crippen LogP contribution is 2.38. The van der Waals surface area contributed by atoms with Crippen molar-refractivity contribution in [3.05, 3.63) is 20.8 Å². The minimum absolute atomic E-state index is 0.521. The van der Waals surface area contributed by atoms with E-state index in [2.05, 4.69) is 32.2 Å². The Balaban J connectivity index is 2.06. The Morgan fingerprint density at radius 2 is 2.17 bits per heavy atom. The van der Waals surface area contributed by atoms with Crippen LogP contribution in [0.15, 0.2) is 6.07 Å². The van der Waals surface area contributed by atoms with E-state index in [0.717, 1.165) is 10.3 Å². The van der Waals surface area contributed by atoms with Gasteiger partial charge in [-0.25, -0.2) is 0 Å². The molecule has 102 valence electrons. The molecule has 0 aromatic carbocycles. The van der Waals surface area contributed by atoms with E-state index in [1.54, 1.807) is 11.3 Å². The third kappa shape index (κ3) is 3.09. The Labute approximate surface area is 120 Å². The summed E-state index contributed by atoms with van der Waals surface area (Å²) in [6.45, 7) is 6.92. The van der Waals surface area contributed by atoms with E-state index in [1.807, 2.05) is 0 Å². The summed E-state index contributed by atoms with van der Waals surface area (Å²) in [7, 11) is 0. The third-order valence-corrected chi connectivity index (χ3v) is 5.64. The first-order chi connectivity index (χ1) is 8.65. The van der Waals surface area contributed by atoms with Crippen molar-refractivity contribution in [1.82, 2.24) is 5.32 Å². The minimum atomic E-state index is 0.521. The lowest BCUT2D eigenvalue weighted by Gasteiger charge is -2.30. The first kappa shape index (κ1) is 14.4. The van der Waals surface area contributed by atoms with Gasteiger partial charge in [0.2, 0.25) is 0 Å². The number of nitrogens with one attached hydrogen (secondary N) is 1. The molecule has 0 spiro atoms. The van der Waals surface area contributed by atoms with Crippen LogP contribution >= 0.6 is 22.9 Å². The highest BCUT2D eigenvalue weighted by Gasteiger charge is 2.25. The van der Waals surface area contributed by atoms with Crippen LogP contribution in [0.25, 0.3) is 0 Å². The summed E-state index contributed by atoms with van der Waals surface area (Å²) in [5.41, 5.74) is 1.47. The molecule has 0 aliphatic heterocycles. The van der Waals surface area contributed by atoms with Gasteiger partial charge < -0.3 is 5.32 Å². The number of fused-ring (bicyclic) bond motifs is 1. The van der Waals surface area contributed by atoms with Gasteiger partial charge in [-0.1, -0.05) is 38.3 Å². The van der Waals surface area contributed by atoms with Crippen LogP contribution in [0, 0.1) is 5.92 Å². The lowest BCUT2D eigenvalue weighted by Crippen LogP contribution is -2.37. The lowest BCUT2D eigenvalue weighted by molar-refractivity contribution is 0.308. The van der Waals surface area contributed by atoms with E-state index in [4.69, 9.17) is 11.6 Å². The van der Waals surface area contributed by atoms with Crippen LogP contribution < -0.4 is 5.32 Å². The molecule has 1 aliphatic carbocycles. The Morgan fingerprint density at radius 1 is 1.44 bits per heavy atom. The molecule has 0 radical (unpaired) electrons. The second-order valence-electron chi connectivity index (χ2n) is 5.41. The van der Waals surface area contributed by atoms with E-state index in [1.165, 1.54) is 42.5 Å². The summed E-state index contributed by atoms with van der Waals surface area (Å²) >= 11 is 7.93. The van der Waals surface area contributed by atoms with Gasteiger partial charge in [0.05, 0.1) is 4.34 Å². The van der Waals surface area contributed by atoms with Crippen molar-refractivity contribution < 1.29 is 0 Å². The average Bonchev–Trinajstić information content (AvgIpc) is 2.72. The Kier molecular flexibility index (Phi) is 5.11. The van der Waals surface area contributed by atoms with E-state index in [0.29, 0.717) is 12.1 Å². The van der Waals surface area contributed by atoms with E-state index < -0.39 is 0 Å². The van der Waals surface area contributed by atoms with Crippen molar-refractivity contribution in [2.24, 2.45) is 5.92 Å². The molecule has 18 heavy (non-hydrogen) atoms. The fraction of sp³-hybridized carbons (Fsp3) is 0.733. The molecule has 1 N–H and O–H groups in total. The van der Waals surface area contributed by atoms with Crippen LogP contribution in [0.1, 0.15) is 62.9 Å². The summed E-state index contributed by atoms with van der Waals surface area (Å²) < 4.78 is 0.948. The fourth-order valence-electron chi connectivity index (χ4n) is 3.14. The SMILES string of the molecule is CCC(CC)C(C)NC1CCCc2sc(Cl)cc21. The van der Waals surface area contributed by atoms with E-state index in [-0.39, 0.29) is 0 Å². The molecule has 2 unspecified atom stereocenters. The van der Waals surface area contributed by atoms with Gasteiger partial charge >= 0.3 is 0 Å². The smallest absolute Gasteiger partial charge is 0.0934 e. The fourth-order valence-corrected chi connectivity index (χ4v) is 4.53. The van der Waals surface area contributed by atoms with Crippen molar-refractivity contribution in [3.63, 3.8) is 0 Å². The summed E-state index contributed by atoms with van der Waals surface area (Å²) in [4.78, 5) is 1.50. The monoisotopic (exact) mass is 285 g/mol. The van der Waals surface area contributed by atoms with Gasteiger partial charge in [-0.3, -0.25) is 0 Å². The van der Waals surface area contributed by atoms with Gasteiger partial charge in [0.25, 0.3) is 0 Å². The molecule has 1 aliphatic rings. The molecule has 1 aromatic heterocycles. The molecule has 1 aromatic rings. The van der Waals surface area contributed by atoms with Gasteiger partial charge in [0.15, 0.2) is 0 Å². The zero-order valence-corrected chi connectivity index (χ0v) is 13.2. The van der Waals surface area contributed by atoms with Gasteiger partial charge in [-0.15, -0.1) is 11.3 Å². The van der Waals surface area contributed by atoms with Crippen LogP contribution in [-0.2, 0) is 6.42 Å². The van der Waals surface area contributed by atoms with Crippen molar-refractivity contribution in [2.45, 2.75) is 65.0 Å². The second kappa shape index (κ2) is 6.40. The standard InChI is InChI=1S/C15H24ClNS/c1-4-11(5-2)10(3)17-13-7-6-8-14-12(13)9-15(16)18-14/h9-11,13,17H,4-8H2,1-3H3. The van der Waals surface area contributed by atoms with Gasteiger partial charge in [0.1, 0.15) is 0 Å². The molecular formula is C15H24ClNS. The zero-order chi connectivity index (χ0) is 13.1. The normalized spacial score (nSPS) is 21.1. The first-order valence-electron chi connectivity index (χ1n) is 7.19. The van der Waals surface area contributed by atoms with Gasteiger partial charge in [-0.05, 0) is 43.7 Å². The number of hydrogen-bond donors (Lipinski definition) is 1. The molecule has 1 heterocycles. The van der Waals surface area contributed by atoms with Gasteiger partial charge in [-0.2, -0.15) is 0 Å². The van der Waals surface area contributed by atoms with Crippen molar-refractivity contribution in [1.29, 1.82) is 0 Å². The number of aryl methyl sites for hydroxylation is 1. The minimum Gasteiger partial charge on any atom is -0.307 e. The Hall–Kier alpha value is -0.0500. The number of rotatable bonds is 5. The lowest BCUT2D eigenvalue weighted by atomic mass is 9.90. The predicted octanol–water partition coefficient (Wildman–Crippen LogP) is 5.19. The highest BCUT2D eigenvalue weighted by molar-refractivity contribution is 7.16. The first-order valence-corrected chi connectivity index (χ1v) is 8.39. The number of hydrogen-bond acceptors (Lipinski definition) is 2. The molecule has 0 bridgehead atoms. The average molecular weight is 286 g/mol. The van der Waals surface area contributed by atoms with Crippen LogP contribution in [0.2, 0.25) is 4.34 Å². The maximum atomic E-state index is 6.16. The Bertz CT molecular complexity index is 384. The Morgan fingerprint density at radius 3 is 2.83 bits per heavy atom. The maximum absolute atomic E-state index is 6.16. The summed E-state index contributed by atoms with van der Waals surface area (Å²) in [5, 5.41) is 3.84. The molecule has 1 nitrogen and oxygen atoms in total. The summed E-state index contributed by atoms with van der Waals surface area (Å²) in [6, 6.07) is 3.29. The van der Waals surface area contributed by atoms with Gasteiger partial charge in [0, 0.05) is 17.0 Å². The predicted molar refractivity (Wildman–Crippen MR) is 81.7 cm³/mol. The highest BCUT2D eigenvalue weighted by atomic mass is 35.5. The third-order valence-electron chi connectivity index (χ3n) is 4.30. The summed E-state index contributed by atoms with van der Waals surface area (Å²) in [5.74, 6) is 0.782. The number of halogens is 1. The second-order valence-corrected chi connectivity index (χ2v) is 7.17. The summed E-state index contributed by atoms with van der Waals surface area (Å²) in [6.07, 6.45) is 6.27. The molecule has 0 saturated carbocycles. The van der Waals surface area contributed by atoms with E-state index >= 15 is 0 Å². The van der Waals surface area contributed by atoms with E-state index in [9.17, 15) is 0 Å². The molecule has 3 heteroatoms. The molecule has 2 rings (SSSR count). The quantitative estimate of drug-likeness (QED) is 0.785. The molecule has 0 fully saturated rings. The largest absolute Gasteiger partial charge is 0.307 e. The topological polar surface area (TPSA) is 12.0 Å². The molecule has 0 saturated heterocycles. The van der Waals surface area contributed by atoms with Crippen molar-refractivity contribution in [3.8, 4) is 0 Å².